The van der Waals surface area contributed by atoms with Crippen molar-refractivity contribution in [2.24, 2.45) is 0 Å². The maximum atomic E-state index is 13.5. The summed E-state index contributed by atoms with van der Waals surface area (Å²) >= 11 is 1.77. The fourth-order valence-electron chi connectivity index (χ4n) is 3.73. The molecule has 1 amide bonds. The molecule has 1 unspecified atom stereocenters. The lowest BCUT2D eigenvalue weighted by molar-refractivity contribution is -0.149. The van der Waals surface area contributed by atoms with Crippen LogP contribution in [0, 0.1) is 5.82 Å². The van der Waals surface area contributed by atoms with Crippen LogP contribution in [0.1, 0.15) is 25.3 Å². The minimum atomic E-state index is -0.999. The molecule has 39 heavy (non-hydrogen) atoms. The summed E-state index contributed by atoms with van der Waals surface area (Å²) < 4.78 is 30.1. The van der Waals surface area contributed by atoms with E-state index in [-0.39, 0.29) is 25.3 Å². The van der Waals surface area contributed by atoms with Gasteiger partial charge in [0.05, 0.1) is 6.54 Å². The molecule has 1 N–H and O–H groups in total. The third kappa shape index (κ3) is 11.0. The number of benzene rings is 3. The third-order valence-electron chi connectivity index (χ3n) is 5.71. The minimum Gasteiger partial charge on any atom is -0.492 e. The Morgan fingerprint density at radius 1 is 0.949 bits per heavy atom. The molecule has 0 spiro atoms. The van der Waals surface area contributed by atoms with Gasteiger partial charge in [0, 0.05) is 30.5 Å². The van der Waals surface area contributed by atoms with Gasteiger partial charge in [-0.25, -0.2) is 14.0 Å². The van der Waals surface area contributed by atoms with Crippen molar-refractivity contribution < 1.29 is 33.3 Å². The molecule has 3 rings (SSSR count). The van der Waals surface area contributed by atoms with Crippen molar-refractivity contribution in [3.63, 3.8) is 0 Å². The van der Waals surface area contributed by atoms with Gasteiger partial charge in [0.1, 0.15) is 23.9 Å². The van der Waals surface area contributed by atoms with Gasteiger partial charge in [0.2, 0.25) is 0 Å². The van der Waals surface area contributed by atoms with E-state index in [0.29, 0.717) is 18.9 Å². The van der Waals surface area contributed by atoms with Crippen molar-refractivity contribution in [3.8, 4) is 11.5 Å². The Bertz CT molecular complexity index is 1160. The van der Waals surface area contributed by atoms with Gasteiger partial charge in [-0.3, -0.25) is 0 Å². The first-order chi connectivity index (χ1) is 18.9. The molecule has 0 radical (unpaired) electrons. The molecule has 0 aromatic heterocycles. The van der Waals surface area contributed by atoms with Gasteiger partial charge >= 0.3 is 12.1 Å². The number of aliphatic carboxylic acids is 1. The molecule has 3 aromatic rings. The smallest absolute Gasteiger partial charge is 0.415 e. The molecule has 0 aliphatic rings. The second kappa shape index (κ2) is 16.4. The second-order valence-electron chi connectivity index (χ2n) is 8.66. The number of ether oxygens (including phenoxy) is 3. The Balaban J connectivity index is 1.51. The van der Waals surface area contributed by atoms with Crippen LogP contribution in [0.15, 0.2) is 83.8 Å². The first kappa shape index (κ1) is 30.0. The van der Waals surface area contributed by atoms with E-state index in [9.17, 15) is 19.1 Å². The number of hydrogen-bond acceptors (Lipinski definition) is 6. The van der Waals surface area contributed by atoms with Crippen molar-refractivity contribution in [2.75, 3.05) is 32.1 Å². The number of amides is 1. The van der Waals surface area contributed by atoms with Crippen LogP contribution in [-0.4, -0.2) is 60.2 Å². The lowest BCUT2D eigenvalue weighted by Gasteiger charge is -2.22. The fraction of sp³-hybridized carbons (Fsp3) is 0.333. The molecule has 0 saturated carbocycles. The molecule has 208 valence electrons. The molecule has 0 bridgehead atoms. The quantitative estimate of drug-likeness (QED) is 0.164. The van der Waals surface area contributed by atoms with Crippen molar-refractivity contribution >= 4 is 23.8 Å². The molecule has 0 fully saturated rings. The van der Waals surface area contributed by atoms with E-state index in [1.807, 2.05) is 18.2 Å². The number of carbonyl (C=O) groups is 2. The van der Waals surface area contributed by atoms with Gasteiger partial charge in [-0.1, -0.05) is 36.4 Å². The standard InChI is InChI=1S/C30H34FNO6S/c1-2-36-28(29(33)34)21-23-13-15-25(16-14-23)37-19-18-32(30(35)38-26-10-8-9-24(31)22-26)17-6-7-20-39-27-11-4-3-5-12-27/h3-5,8-16,22,28H,2,6-7,17-21H2,1H3,(H,33,34). The molecule has 7 nitrogen and oxygen atoms in total. The Morgan fingerprint density at radius 2 is 1.72 bits per heavy atom. The normalized spacial score (nSPS) is 11.5. The zero-order valence-electron chi connectivity index (χ0n) is 22.0. The first-order valence-electron chi connectivity index (χ1n) is 12.9. The van der Waals surface area contributed by atoms with Crippen LogP contribution < -0.4 is 9.47 Å². The lowest BCUT2D eigenvalue weighted by atomic mass is 10.1. The Morgan fingerprint density at radius 3 is 2.41 bits per heavy atom. The van der Waals surface area contributed by atoms with Gasteiger partial charge in [0.15, 0.2) is 6.10 Å². The molecule has 3 aromatic carbocycles. The largest absolute Gasteiger partial charge is 0.492 e. The third-order valence-corrected chi connectivity index (χ3v) is 6.81. The molecule has 9 heteroatoms. The Kier molecular flexibility index (Phi) is 12.6. The van der Waals surface area contributed by atoms with Crippen LogP contribution in [0.2, 0.25) is 0 Å². The zero-order valence-corrected chi connectivity index (χ0v) is 22.8. The summed E-state index contributed by atoms with van der Waals surface area (Å²) in [5.41, 5.74) is 0.817. The van der Waals surface area contributed by atoms with E-state index in [1.54, 1.807) is 47.9 Å². The highest BCUT2D eigenvalue weighted by molar-refractivity contribution is 7.99. The highest BCUT2D eigenvalue weighted by atomic mass is 32.2. The Labute approximate surface area is 232 Å². The summed E-state index contributed by atoms with van der Waals surface area (Å²) in [5.74, 6) is 0.187. The number of thioether (sulfide) groups is 1. The molecule has 0 saturated heterocycles. The molecule has 0 heterocycles. The van der Waals surface area contributed by atoms with Gasteiger partial charge in [-0.2, -0.15) is 0 Å². The molecular formula is C30H34FNO6S. The van der Waals surface area contributed by atoms with Crippen LogP contribution in [0.25, 0.3) is 0 Å². The summed E-state index contributed by atoms with van der Waals surface area (Å²) in [6, 6.07) is 22.7. The zero-order chi connectivity index (χ0) is 27.9. The van der Waals surface area contributed by atoms with Crippen LogP contribution in [0.5, 0.6) is 11.5 Å². The van der Waals surface area contributed by atoms with Crippen molar-refractivity contribution in [2.45, 2.75) is 37.2 Å². The summed E-state index contributed by atoms with van der Waals surface area (Å²) in [4.78, 5) is 27.0. The number of unbranched alkanes of at least 4 members (excludes halogenated alkanes) is 1. The molecule has 0 aliphatic carbocycles. The number of rotatable bonds is 16. The summed E-state index contributed by atoms with van der Waals surface area (Å²) in [6.07, 6.45) is 0.477. The lowest BCUT2D eigenvalue weighted by Crippen LogP contribution is -2.37. The Hall–Kier alpha value is -3.56. The fourth-order valence-corrected chi connectivity index (χ4v) is 4.66. The number of hydrogen-bond donors (Lipinski definition) is 1. The van der Waals surface area contributed by atoms with Gasteiger partial charge in [-0.15, -0.1) is 11.8 Å². The van der Waals surface area contributed by atoms with Crippen molar-refractivity contribution in [3.05, 3.63) is 90.2 Å². The van der Waals surface area contributed by atoms with Gasteiger partial charge < -0.3 is 24.2 Å². The summed E-state index contributed by atoms with van der Waals surface area (Å²) in [5, 5.41) is 9.27. The van der Waals surface area contributed by atoms with E-state index in [2.05, 4.69) is 12.1 Å². The summed E-state index contributed by atoms with van der Waals surface area (Å²) in [7, 11) is 0. The van der Waals surface area contributed by atoms with E-state index >= 15 is 0 Å². The predicted molar refractivity (Wildman–Crippen MR) is 149 cm³/mol. The highest BCUT2D eigenvalue weighted by Crippen LogP contribution is 2.19. The number of nitrogens with zero attached hydrogens (tertiary/aromatic N) is 1. The van der Waals surface area contributed by atoms with E-state index in [0.717, 1.165) is 24.2 Å². The van der Waals surface area contributed by atoms with E-state index in [1.165, 1.54) is 29.2 Å². The molecule has 1 atom stereocenters. The van der Waals surface area contributed by atoms with Crippen molar-refractivity contribution in [1.29, 1.82) is 0 Å². The minimum absolute atomic E-state index is 0.146. The van der Waals surface area contributed by atoms with E-state index < -0.39 is 24.0 Å². The number of carboxylic acid groups (broad SMARTS) is 1. The first-order valence-corrected chi connectivity index (χ1v) is 13.9. The monoisotopic (exact) mass is 555 g/mol. The van der Waals surface area contributed by atoms with Crippen LogP contribution in [0.4, 0.5) is 9.18 Å². The van der Waals surface area contributed by atoms with E-state index in [4.69, 9.17) is 14.2 Å². The summed E-state index contributed by atoms with van der Waals surface area (Å²) in [6.45, 7) is 3.07. The topological polar surface area (TPSA) is 85.3 Å². The molecule has 0 aliphatic heterocycles. The average molecular weight is 556 g/mol. The van der Waals surface area contributed by atoms with Crippen LogP contribution >= 0.6 is 11.8 Å². The number of carbonyl (C=O) groups excluding carboxylic acids is 1. The maximum Gasteiger partial charge on any atom is 0.415 e. The second-order valence-corrected chi connectivity index (χ2v) is 9.83. The maximum absolute atomic E-state index is 13.5. The SMILES string of the molecule is CCOC(Cc1ccc(OCCN(CCCCSc2ccccc2)C(=O)Oc2cccc(F)c2)cc1)C(=O)O. The van der Waals surface area contributed by atoms with Gasteiger partial charge in [0.25, 0.3) is 0 Å². The van der Waals surface area contributed by atoms with Crippen molar-refractivity contribution in [1.82, 2.24) is 4.90 Å². The highest BCUT2D eigenvalue weighted by Gasteiger charge is 2.18. The van der Waals surface area contributed by atoms with Crippen LogP contribution in [0.3, 0.4) is 0 Å². The van der Waals surface area contributed by atoms with Gasteiger partial charge in [-0.05, 0) is 67.5 Å². The number of halogens is 1. The predicted octanol–water partition coefficient (Wildman–Crippen LogP) is 6.31. The number of carboxylic acids is 1. The average Bonchev–Trinajstić information content (AvgIpc) is 2.93. The molecular weight excluding hydrogens is 521 g/mol. The van der Waals surface area contributed by atoms with Crippen LogP contribution in [-0.2, 0) is 16.0 Å².